The van der Waals surface area contributed by atoms with Crippen LogP contribution >= 0.6 is 0 Å². The van der Waals surface area contributed by atoms with Gasteiger partial charge in [-0.25, -0.2) is 0 Å². The summed E-state index contributed by atoms with van der Waals surface area (Å²) in [4.78, 5) is 38.9. The van der Waals surface area contributed by atoms with Crippen LogP contribution in [0.5, 0.6) is 0 Å². The van der Waals surface area contributed by atoms with Crippen molar-refractivity contribution in [1.29, 1.82) is 0 Å². The number of nitrogens with zero attached hydrogens (tertiary/aromatic N) is 1. The van der Waals surface area contributed by atoms with Gasteiger partial charge in [0, 0.05) is 32.5 Å². The molecule has 3 rings (SSSR count). The van der Waals surface area contributed by atoms with Gasteiger partial charge in [0.05, 0.1) is 18.1 Å². The van der Waals surface area contributed by atoms with Gasteiger partial charge < -0.3 is 19.7 Å². The molecule has 156 valence electrons. The number of likely N-dealkylation sites (N-methyl/N-ethyl adjacent to an activating group) is 1. The van der Waals surface area contributed by atoms with Crippen LogP contribution in [0.2, 0.25) is 0 Å². The molecule has 0 aromatic heterocycles. The third-order valence-corrected chi connectivity index (χ3v) is 6.20. The lowest BCUT2D eigenvalue weighted by atomic mass is 9.85. The van der Waals surface area contributed by atoms with E-state index in [1.165, 1.54) is 0 Å². The summed E-state index contributed by atoms with van der Waals surface area (Å²) in [6, 6.07) is -0.183. The van der Waals surface area contributed by atoms with Crippen LogP contribution in [-0.2, 0) is 23.9 Å². The van der Waals surface area contributed by atoms with Gasteiger partial charge in [-0.3, -0.25) is 14.4 Å². The second kappa shape index (κ2) is 9.07. The van der Waals surface area contributed by atoms with Crippen molar-refractivity contribution in [2.24, 2.45) is 5.92 Å². The van der Waals surface area contributed by atoms with Crippen molar-refractivity contribution in [2.75, 3.05) is 13.7 Å². The van der Waals surface area contributed by atoms with Crippen LogP contribution in [0.3, 0.4) is 0 Å². The normalized spacial score (nSPS) is 33.1. The van der Waals surface area contributed by atoms with E-state index in [4.69, 9.17) is 9.47 Å². The monoisotopic (exact) mass is 392 g/mol. The van der Waals surface area contributed by atoms with E-state index in [1.807, 2.05) is 14.0 Å². The van der Waals surface area contributed by atoms with Gasteiger partial charge in [0.15, 0.2) is 6.10 Å². The molecule has 7 heteroatoms. The number of carbonyl (C=O) groups is 3. The first kappa shape index (κ1) is 20.8. The molecule has 0 aromatic rings. The maximum Gasteiger partial charge on any atom is 0.306 e. The first-order chi connectivity index (χ1) is 13.4. The Kier molecular flexibility index (Phi) is 6.75. The lowest BCUT2D eigenvalue weighted by molar-refractivity contribution is -0.149. The van der Waals surface area contributed by atoms with Crippen molar-refractivity contribution >= 4 is 17.8 Å². The van der Waals surface area contributed by atoms with E-state index in [1.54, 1.807) is 4.90 Å². The topological polar surface area (TPSA) is 84.9 Å². The molecule has 0 aromatic carbocycles. The van der Waals surface area contributed by atoms with Crippen LogP contribution < -0.4 is 5.32 Å². The van der Waals surface area contributed by atoms with Crippen molar-refractivity contribution < 1.29 is 23.9 Å². The number of esters is 1. The van der Waals surface area contributed by atoms with Gasteiger partial charge in [-0.1, -0.05) is 25.0 Å². The molecule has 28 heavy (non-hydrogen) atoms. The molecule has 2 saturated heterocycles. The molecule has 7 nitrogen and oxygen atoms in total. The highest BCUT2D eigenvalue weighted by molar-refractivity contribution is 5.87. The summed E-state index contributed by atoms with van der Waals surface area (Å²) in [5.74, 6) is -0.725. The standard InChI is InChI=1S/C21H32N2O5/c1-13(2)19-14(7-6-12-27-19)21(26)23(3)16-9-5-4-8-15(16)22-20(25)17-10-11-18(24)28-17/h14-17,19H,1,4-12H2,2-3H3,(H,22,25)/t14-,15+,16-,17-,19+/m1/s1. The van der Waals surface area contributed by atoms with Crippen molar-refractivity contribution in [3.05, 3.63) is 12.2 Å². The Bertz CT molecular complexity index is 634. The number of ether oxygens (including phenoxy) is 2. The Balaban J connectivity index is 1.66. The van der Waals surface area contributed by atoms with Crippen LogP contribution in [0.1, 0.15) is 58.3 Å². The summed E-state index contributed by atoms with van der Waals surface area (Å²) in [5.41, 5.74) is 0.878. The van der Waals surface area contributed by atoms with E-state index in [9.17, 15) is 14.4 Å². The van der Waals surface area contributed by atoms with E-state index in [-0.39, 0.29) is 48.3 Å². The highest BCUT2D eigenvalue weighted by Crippen LogP contribution is 2.30. The number of nitrogens with one attached hydrogen (secondary N) is 1. The summed E-state index contributed by atoms with van der Waals surface area (Å²) in [6.45, 7) is 6.56. The fourth-order valence-electron chi connectivity index (χ4n) is 4.67. The Morgan fingerprint density at radius 1 is 1.14 bits per heavy atom. The number of hydrogen-bond donors (Lipinski definition) is 1. The third kappa shape index (κ3) is 4.57. The molecule has 2 heterocycles. The lowest BCUT2D eigenvalue weighted by Gasteiger charge is -2.41. The zero-order valence-electron chi connectivity index (χ0n) is 16.9. The predicted molar refractivity (Wildman–Crippen MR) is 103 cm³/mol. The van der Waals surface area contributed by atoms with Gasteiger partial charge in [-0.15, -0.1) is 0 Å². The van der Waals surface area contributed by atoms with Crippen molar-refractivity contribution in [3.63, 3.8) is 0 Å². The van der Waals surface area contributed by atoms with Crippen molar-refractivity contribution in [2.45, 2.75) is 82.6 Å². The molecule has 3 fully saturated rings. The molecule has 1 aliphatic carbocycles. The van der Waals surface area contributed by atoms with Crippen molar-refractivity contribution in [3.8, 4) is 0 Å². The maximum absolute atomic E-state index is 13.3. The second-order valence-electron chi connectivity index (χ2n) is 8.32. The minimum absolute atomic E-state index is 0.0602. The second-order valence-corrected chi connectivity index (χ2v) is 8.32. The average molecular weight is 392 g/mol. The number of hydrogen-bond acceptors (Lipinski definition) is 5. The third-order valence-electron chi connectivity index (χ3n) is 6.20. The molecule has 3 aliphatic rings. The zero-order chi connectivity index (χ0) is 20.3. The first-order valence-corrected chi connectivity index (χ1v) is 10.4. The molecular formula is C21H32N2O5. The van der Waals surface area contributed by atoms with Crippen LogP contribution in [0.4, 0.5) is 0 Å². The molecule has 0 unspecified atom stereocenters. The van der Waals surface area contributed by atoms with E-state index < -0.39 is 6.10 Å². The molecule has 2 amide bonds. The fourth-order valence-corrected chi connectivity index (χ4v) is 4.67. The van der Waals surface area contributed by atoms with Gasteiger partial charge in [0.2, 0.25) is 5.91 Å². The van der Waals surface area contributed by atoms with Gasteiger partial charge >= 0.3 is 5.97 Å². The summed E-state index contributed by atoms with van der Waals surface area (Å²) in [6.07, 6.45) is 5.14. The summed E-state index contributed by atoms with van der Waals surface area (Å²) < 4.78 is 10.9. The van der Waals surface area contributed by atoms with E-state index in [2.05, 4.69) is 11.9 Å². The SMILES string of the molecule is C=C(C)[C@@H]1OCCC[C@H]1C(=O)N(C)[C@@H]1CCCC[C@@H]1NC(=O)[C@H]1CCC(=O)O1. The van der Waals surface area contributed by atoms with Crippen LogP contribution in [0, 0.1) is 5.92 Å². The van der Waals surface area contributed by atoms with Crippen LogP contribution in [0.15, 0.2) is 12.2 Å². The Morgan fingerprint density at radius 3 is 2.57 bits per heavy atom. The first-order valence-electron chi connectivity index (χ1n) is 10.4. The van der Waals surface area contributed by atoms with Crippen molar-refractivity contribution in [1.82, 2.24) is 10.2 Å². The summed E-state index contributed by atoms with van der Waals surface area (Å²) in [5, 5.41) is 3.05. The Morgan fingerprint density at radius 2 is 1.89 bits per heavy atom. The maximum atomic E-state index is 13.3. The molecule has 0 bridgehead atoms. The summed E-state index contributed by atoms with van der Waals surface area (Å²) in [7, 11) is 1.83. The van der Waals surface area contributed by atoms with Gasteiger partial charge in [-0.05, 0) is 32.6 Å². The molecule has 2 aliphatic heterocycles. The minimum atomic E-state index is -0.698. The zero-order valence-corrected chi connectivity index (χ0v) is 16.9. The quantitative estimate of drug-likeness (QED) is 0.571. The van der Waals surface area contributed by atoms with Gasteiger partial charge in [0.1, 0.15) is 0 Å². The highest BCUT2D eigenvalue weighted by atomic mass is 16.6. The Hall–Kier alpha value is -1.89. The predicted octanol–water partition coefficient (Wildman–Crippen LogP) is 1.95. The smallest absolute Gasteiger partial charge is 0.306 e. The molecule has 0 radical (unpaired) electrons. The van der Waals surface area contributed by atoms with E-state index in [0.717, 1.165) is 44.1 Å². The molecule has 1 N–H and O–H groups in total. The fraction of sp³-hybridized carbons (Fsp3) is 0.762. The minimum Gasteiger partial charge on any atom is -0.452 e. The van der Waals surface area contributed by atoms with E-state index in [0.29, 0.717) is 13.0 Å². The van der Waals surface area contributed by atoms with Crippen LogP contribution in [0.25, 0.3) is 0 Å². The molecule has 0 spiro atoms. The Labute approximate surface area is 166 Å². The van der Waals surface area contributed by atoms with Gasteiger partial charge in [0.25, 0.3) is 5.91 Å². The van der Waals surface area contributed by atoms with Gasteiger partial charge in [-0.2, -0.15) is 0 Å². The molecular weight excluding hydrogens is 360 g/mol. The number of carbonyl (C=O) groups excluding carboxylic acids is 3. The molecule has 5 atom stereocenters. The van der Waals surface area contributed by atoms with E-state index >= 15 is 0 Å². The lowest BCUT2D eigenvalue weighted by Crippen LogP contribution is -2.57. The summed E-state index contributed by atoms with van der Waals surface area (Å²) >= 11 is 0. The largest absolute Gasteiger partial charge is 0.452 e. The highest BCUT2D eigenvalue weighted by Gasteiger charge is 2.40. The van der Waals surface area contributed by atoms with Crippen LogP contribution in [-0.4, -0.2) is 60.6 Å². The average Bonchev–Trinajstić information content (AvgIpc) is 3.14. The number of cyclic esters (lactones) is 1. The number of rotatable bonds is 5. The molecule has 1 saturated carbocycles. The number of amides is 2.